The van der Waals surface area contributed by atoms with E-state index in [0.717, 1.165) is 31.5 Å². The second-order valence-electron chi connectivity index (χ2n) is 6.54. The average Bonchev–Trinajstić information content (AvgIpc) is 2.63. The van der Waals surface area contributed by atoms with Crippen molar-refractivity contribution < 1.29 is 17.9 Å². The van der Waals surface area contributed by atoms with E-state index in [2.05, 4.69) is 5.32 Å². The number of alkyl halides is 3. The first kappa shape index (κ1) is 18.0. The Bertz CT molecular complexity index is 652. The number of hydrogen-bond donors (Lipinski definition) is 1. The van der Waals surface area contributed by atoms with E-state index in [1.807, 2.05) is 30.3 Å². The molecule has 2 aromatic rings. The van der Waals surface area contributed by atoms with E-state index in [-0.39, 0.29) is 17.6 Å². The molecule has 2 aromatic carbocycles. The molecule has 0 spiro atoms. The van der Waals surface area contributed by atoms with Crippen LogP contribution in [-0.4, -0.2) is 25.9 Å². The van der Waals surface area contributed by atoms with Crippen LogP contribution in [0.3, 0.4) is 0 Å². The van der Waals surface area contributed by atoms with Gasteiger partial charge in [0.1, 0.15) is 0 Å². The van der Waals surface area contributed by atoms with Gasteiger partial charge < -0.3 is 10.1 Å². The second kappa shape index (κ2) is 7.58. The molecule has 0 saturated carbocycles. The first-order chi connectivity index (χ1) is 12.0. The zero-order valence-electron chi connectivity index (χ0n) is 13.9. The fourth-order valence-electron chi connectivity index (χ4n) is 3.46. The Balaban J connectivity index is 1.84. The predicted molar refractivity (Wildman–Crippen MR) is 91.4 cm³/mol. The van der Waals surface area contributed by atoms with Gasteiger partial charge in [-0.25, -0.2) is 0 Å². The highest BCUT2D eigenvalue weighted by molar-refractivity contribution is 5.27. The summed E-state index contributed by atoms with van der Waals surface area (Å²) >= 11 is 0. The molecule has 1 aliphatic heterocycles. The van der Waals surface area contributed by atoms with Crippen molar-refractivity contribution in [2.45, 2.75) is 30.5 Å². The maximum Gasteiger partial charge on any atom is 0.418 e. The van der Waals surface area contributed by atoms with Gasteiger partial charge in [0.05, 0.1) is 6.61 Å². The van der Waals surface area contributed by atoms with Gasteiger partial charge in [-0.2, -0.15) is 13.2 Å². The number of hydrogen-bond acceptors (Lipinski definition) is 2. The minimum atomic E-state index is -4.44. The zero-order chi connectivity index (χ0) is 17.8. The van der Waals surface area contributed by atoms with Crippen molar-refractivity contribution in [3.05, 3.63) is 71.8 Å². The van der Waals surface area contributed by atoms with E-state index in [1.165, 1.54) is 12.1 Å². The van der Waals surface area contributed by atoms with Gasteiger partial charge in [0.2, 0.25) is 0 Å². The van der Waals surface area contributed by atoms with Crippen LogP contribution in [0, 0.1) is 0 Å². The Kier molecular flexibility index (Phi) is 5.45. The predicted octanol–water partition coefficient (Wildman–Crippen LogP) is 4.63. The van der Waals surface area contributed by atoms with Crippen molar-refractivity contribution >= 4 is 0 Å². The summed E-state index contributed by atoms with van der Waals surface area (Å²) in [7, 11) is 0. The summed E-state index contributed by atoms with van der Waals surface area (Å²) < 4.78 is 46.2. The van der Waals surface area contributed by atoms with Gasteiger partial charge in [0, 0.05) is 5.41 Å². The highest BCUT2D eigenvalue weighted by Crippen LogP contribution is 2.40. The highest BCUT2D eigenvalue weighted by atomic mass is 19.4. The summed E-state index contributed by atoms with van der Waals surface area (Å²) in [5, 5.41) is 3.28. The number of nitrogens with one attached hydrogen (secondary N) is 1. The minimum absolute atomic E-state index is 0.0533. The third kappa shape index (κ3) is 4.22. The van der Waals surface area contributed by atoms with Crippen molar-refractivity contribution in [3.8, 4) is 0 Å². The quantitative estimate of drug-likeness (QED) is 0.850. The molecular formula is C20H22F3NO. The molecule has 5 heteroatoms. The minimum Gasteiger partial charge on any atom is -0.363 e. The zero-order valence-corrected chi connectivity index (χ0v) is 13.9. The van der Waals surface area contributed by atoms with Gasteiger partial charge in [-0.05, 0) is 37.1 Å². The fraction of sp³-hybridized carbons (Fsp3) is 0.400. The molecule has 3 rings (SSSR count). The van der Waals surface area contributed by atoms with Crippen molar-refractivity contribution in [2.24, 2.45) is 0 Å². The molecule has 1 aliphatic rings. The van der Waals surface area contributed by atoms with Crippen LogP contribution < -0.4 is 5.32 Å². The summed E-state index contributed by atoms with van der Waals surface area (Å²) in [6, 6.07) is 17.6. The number of rotatable bonds is 5. The van der Waals surface area contributed by atoms with Crippen molar-refractivity contribution in [3.63, 3.8) is 0 Å². The number of benzene rings is 2. The number of ether oxygens (including phenoxy) is 1. The molecule has 0 aromatic heterocycles. The third-order valence-corrected chi connectivity index (χ3v) is 4.87. The Hall–Kier alpha value is -1.85. The molecule has 1 N–H and O–H groups in total. The molecule has 0 amide bonds. The van der Waals surface area contributed by atoms with Crippen LogP contribution in [0.2, 0.25) is 0 Å². The van der Waals surface area contributed by atoms with Gasteiger partial charge in [0.25, 0.3) is 0 Å². The summed E-state index contributed by atoms with van der Waals surface area (Å²) in [4.78, 5) is 0. The number of halogens is 3. The third-order valence-electron chi connectivity index (χ3n) is 4.87. The average molecular weight is 349 g/mol. The topological polar surface area (TPSA) is 21.3 Å². The summed E-state index contributed by atoms with van der Waals surface area (Å²) in [6.07, 6.45) is -4.82. The van der Waals surface area contributed by atoms with E-state index in [4.69, 9.17) is 4.74 Å². The van der Waals surface area contributed by atoms with Crippen LogP contribution in [0.5, 0.6) is 0 Å². The van der Waals surface area contributed by atoms with Gasteiger partial charge in [-0.15, -0.1) is 0 Å². The van der Waals surface area contributed by atoms with Gasteiger partial charge in [-0.3, -0.25) is 0 Å². The van der Waals surface area contributed by atoms with Crippen LogP contribution in [-0.2, 0) is 10.2 Å². The van der Waals surface area contributed by atoms with E-state index in [9.17, 15) is 13.2 Å². The monoisotopic (exact) mass is 349 g/mol. The van der Waals surface area contributed by atoms with Crippen LogP contribution in [0.4, 0.5) is 13.2 Å². The van der Waals surface area contributed by atoms with Gasteiger partial charge in [-0.1, -0.05) is 60.7 Å². The van der Waals surface area contributed by atoms with Crippen molar-refractivity contribution in [1.29, 1.82) is 0 Å². The number of piperidine rings is 1. The first-order valence-electron chi connectivity index (χ1n) is 8.51. The normalized spacial score (nSPS) is 18.7. The SMILES string of the molecule is FC(F)(F)C(OCC1(c2ccccc2)CCNCC1)c1ccccc1. The first-order valence-corrected chi connectivity index (χ1v) is 8.51. The van der Waals surface area contributed by atoms with Gasteiger partial charge in [0.15, 0.2) is 6.10 Å². The molecule has 0 aliphatic carbocycles. The largest absolute Gasteiger partial charge is 0.418 e. The fourth-order valence-corrected chi connectivity index (χ4v) is 3.46. The molecule has 0 radical (unpaired) electrons. The maximum absolute atomic E-state index is 13.5. The molecule has 1 saturated heterocycles. The summed E-state index contributed by atoms with van der Waals surface area (Å²) in [5.74, 6) is 0. The van der Waals surface area contributed by atoms with E-state index in [0.29, 0.717) is 0 Å². The molecule has 1 fully saturated rings. The Labute approximate surface area is 146 Å². The molecule has 25 heavy (non-hydrogen) atoms. The second-order valence-corrected chi connectivity index (χ2v) is 6.54. The van der Waals surface area contributed by atoms with Crippen LogP contribution in [0.1, 0.15) is 30.1 Å². The van der Waals surface area contributed by atoms with Crippen LogP contribution in [0.15, 0.2) is 60.7 Å². The van der Waals surface area contributed by atoms with Crippen molar-refractivity contribution in [1.82, 2.24) is 5.32 Å². The maximum atomic E-state index is 13.5. The lowest BCUT2D eigenvalue weighted by molar-refractivity contribution is -0.228. The molecule has 1 unspecified atom stereocenters. The van der Waals surface area contributed by atoms with E-state index < -0.39 is 12.3 Å². The molecule has 0 bridgehead atoms. The van der Waals surface area contributed by atoms with Crippen molar-refractivity contribution in [2.75, 3.05) is 19.7 Å². The lowest BCUT2D eigenvalue weighted by Crippen LogP contribution is -2.44. The smallest absolute Gasteiger partial charge is 0.363 e. The standard InChI is InChI=1S/C20H22F3NO/c21-20(22,23)18(16-7-3-1-4-8-16)25-15-19(11-13-24-14-12-19)17-9-5-2-6-10-17/h1-10,18,24H,11-15H2. The molecule has 2 nitrogen and oxygen atoms in total. The Morgan fingerprint density at radius 2 is 1.48 bits per heavy atom. The summed E-state index contributed by atoms with van der Waals surface area (Å²) in [6.45, 7) is 1.61. The van der Waals surface area contributed by atoms with E-state index in [1.54, 1.807) is 18.2 Å². The van der Waals surface area contributed by atoms with Crippen LogP contribution in [0.25, 0.3) is 0 Å². The molecule has 1 heterocycles. The molecule has 134 valence electrons. The Morgan fingerprint density at radius 1 is 0.920 bits per heavy atom. The van der Waals surface area contributed by atoms with Crippen LogP contribution >= 0.6 is 0 Å². The Morgan fingerprint density at radius 3 is 2.04 bits per heavy atom. The van der Waals surface area contributed by atoms with E-state index >= 15 is 0 Å². The van der Waals surface area contributed by atoms with Gasteiger partial charge >= 0.3 is 6.18 Å². The molecule has 1 atom stereocenters. The summed E-state index contributed by atoms with van der Waals surface area (Å²) in [5.41, 5.74) is 0.808. The lowest BCUT2D eigenvalue weighted by Gasteiger charge is -2.39. The highest BCUT2D eigenvalue weighted by Gasteiger charge is 2.44. The lowest BCUT2D eigenvalue weighted by atomic mass is 9.74. The molecular weight excluding hydrogens is 327 g/mol.